The lowest BCUT2D eigenvalue weighted by Gasteiger charge is -2.15. The number of aromatic amines is 1. The number of aromatic hydroxyl groups is 1. The molecule has 0 saturated heterocycles. The van der Waals surface area contributed by atoms with E-state index in [9.17, 15) is 92.0 Å². The maximum Gasteiger partial charge on any atom is 0.356 e. The molecule has 5 aromatic carbocycles. The predicted molar refractivity (Wildman–Crippen MR) is 247 cm³/mol. The van der Waals surface area contributed by atoms with Crippen molar-refractivity contribution in [3.05, 3.63) is 92.4 Å². The standard InChI is InChI=1S/C38H33N9O23S4/c1-17-11-22(26(68-2)16-29(17)71(56,57)58)41-44-33-34(38(52)53)45-46(37(33)51)25-6-4-19-20(36(25)74(65,66)67)13-31(73(62,63)64)32(35(19)50)43-42-24-15-27(69-9-7-48)23(14-28(24)70-10-8-49)40-39-21-5-3-18(47(54)55)12-30(21)72(59,60)61/h3-6,11-16,45,48-50H,7-10H2,1-2H3,(H,52,53)(H,56,57,58)(H,59,60,61)(H,62,63,64)(H,65,66,67). The molecular formula is C38H33N9O23S4. The summed E-state index contributed by atoms with van der Waals surface area (Å²) >= 11 is 0. The highest BCUT2D eigenvalue weighted by molar-refractivity contribution is 7.87. The number of carboxylic acid groups (broad SMARTS) is 1. The van der Waals surface area contributed by atoms with E-state index in [1.165, 1.54) is 6.92 Å². The molecule has 0 aliphatic heterocycles. The second-order valence-corrected chi connectivity index (χ2v) is 20.0. The Morgan fingerprint density at radius 2 is 1.19 bits per heavy atom. The van der Waals surface area contributed by atoms with Gasteiger partial charge in [0.1, 0.15) is 78.5 Å². The summed E-state index contributed by atoms with van der Waals surface area (Å²) in [5.41, 5.74) is -8.33. The van der Waals surface area contributed by atoms with E-state index in [0.29, 0.717) is 12.1 Å². The van der Waals surface area contributed by atoms with E-state index < -0.39 is 165 Å². The monoisotopic (exact) mass is 1110 g/mol. The fourth-order valence-electron chi connectivity index (χ4n) is 6.59. The van der Waals surface area contributed by atoms with Crippen molar-refractivity contribution in [2.45, 2.75) is 26.5 Å². The van der Waals surface area contributed by atoms with Crippen LogP contribution in [0.4, 0.5) is 39.8 Å². The van der Waals surface area contributed by atoms with Crippen molar-refractivity contribution in [1.29, 1.82) is 0 Å². The number of hydrogen-bond donors (Lipinski definition) is 9. The SMILES string of the molecule is COc1cc(S(=O)(=O)O)c(C)cc1N=Nc1c(C(=O)O)[nH]n(-c2ccc3c(O)c(N=Nc4cc(OCCO)c(N=Nc5ccc([N+](=O)[O-])cc5S(=O)(=O)O)cc4OCCO)c(S(=O)(=O)O)cc3c2S(=O)(=O)O)c1=O. The number of nitrogens with one attached hydrogen (secondary N) is 1. The molecule has 0 spiro atoms. The van der Waals surface area contributed by atoms with Crippen LogP contribution in [0, 0.1) is 17.0 Å². The van der Waals surface area contributed by atoms with Crippen molar-refractivity contribution >= 4 is 97.0 Å². The summed E-state index contributed by atoms with van der Waals surface area (Å²) in [6, 6.07) is 7.86. The number of nitro benzene ring substituents is 1. The molecule has 1 heterocycles. The van der Waals surface area contributed by atoms with Gasteiger partial charge in [-0.25, -0.2) is 9.48 Å². The summed E-state index contributed by atoms with van der Waals surface area (Å²) in [5.74, 6) is -4.33. The third kappa shape index (κ3) is 11.7. The number of nitro groups is 1. The number of aliphatic hydroxyl groups excluding tert-OH is 2. The third-order valence-corrected chi connectivity index (χ3v) is 13.4. The Balaban J connectivity index is 1.53. The number of fused-ring (bicyclic) bond motifs is 1. The molecule has 0 unspecified atom stereocenters. The van der Waals surface area contributed by atoms with Crippen molar-refractivity contribution in [1.82, 2.24) is 9.78 Å². The molecule has 9 N–H and O–H groups in total. The first-order valence-corrected chi connectivity index (χ1v) is 25.5. The fraction of sp³-hybridized carbons (Fsp3) is 0.158. The van der Waals surface area contributed by atoms with E-state index in [1.54, 1.807) is 0 Å². The number of H-pyrrole nitrogens is 1. The van der Waals surface area contributed by atoms with Crippen LogP contribution in [0.1, 0.15) is 16.1 Å². The van der Waals surface area contributed by atoms with Crippen LogP contribution in [0.15, 0.2) is 116 Å². The van der Waals surface area contributed by atoms with E-state index in [4.69, 9.17) is 14.2 Å². The number of carbonyl (C=O) groups is 1. The van der Waals surface area contributed by atoms with Gasteiger partial charge in [-0.2, -0.15) is 33.7 Å². The molecule has 36 heteroatoms. The number of carboxylic acids is 1. The van der Waals surface area contributed by atoms with Crippen molar-refractivity contribution in [2.24, 2.45) is 30.7 Å². The highest BCUT2D eigenvalue weighted by Gasteiger charge is 2.31. The highest BCUT2D eigenvalue weighted by Crippen LogP contribution is 2.47. The molecule has 0 aliphatic carbocycles. The zero-order valence-electron chi connectivity index (χ0n) is 37.0. The molecule has 0 bridgehead atoms. The number of phenols is 1. The Morgan fingerprint density at radius 1 is 0.662 bits per heavy atom. The first kappa shape index (κ1) is 55.1. The smallest absolute Gasteiger partial charge is 0.356 e. The maximum absolute atomic E-state index is 13.9. The van der Waals surface area contributed by atoms with Crippen LogP contribution >= 0.6 is 0 Å². The van der Waals surface area contributed by atoms with Crippen molar-refractivity contribution < 1.29 is 96.2 Å². The summed E-state index contributed by atoms with van der Waals surface area (Å²) in [5, 5.41) is 74.9. The number of rotatable bonds is 20. The van der Waals surface area contributed by atoms with Gasteiger partial charge in [-0.3, -0.25) is 38.2 Å². The number of azo groups is 3. The number of hydrogen-bond acceptors (Lipinski definition) is 24. The number of benzene rings is 5. The Bertz CT molecular complexity index is 3930. The van der Waals surface area contributed by atoms with E-state index in [0.717, 1.165) is 55.6 Å². The summed E-state index contributed by atoms with van der Waals surface area (Å²) < 4.78 is 156. The Kier molecular flexibility index (Phi) is 15.7. The van der Waals surface area contributed by atoms with Crippen LogP contribution in [0.5, 0.6) is 23.0 Å². The van der Waals surface area contributed by atoms with Crippen molar-refractivity contribution in [3.8, 4) is 28.7 Å². The van der Waals surface area contributed by atoms with Crippen LogP contribution in [0.2, 0.25) is 0 Å². The third-order valence-electron chi connectivity index (χ3n) is 9.73. The molecule has 1 aromatic heterocycles. The van der Waals surface area contributed by atoms with Crippen LogP contribution in [0.25, 0.3) is 16.5 Å². The number of methoxy groups -OCH3 is 1. The normalized spacial score (nSPS) is 12.6. The number of nitrogens with zero attached hydrogens (tertiary/aromatic N) is 8. The van der Waals surface area contributed by atoms with Crippen molar-refractivity contribution in [2.75, 3.05) is 33.5 Å². The molecule has 6 aromatic rings. The molecule has 392 valence electrons. The molecule has 6 rings (SSSR count). The van der Waals surface area contributed by atoms with Crippen LogP contribution in [-0.2, 0) is 40.5 Å². The lowest BCUT2D eigenvalue weighted by molar-refractivity contribution is -0.385. The van der Waals surface area contributed by atoms with Gasteiger partial charge in [0.05, 0.1) is 30.9 Å². The molecule has 74 heavy (non-hydrogen) atoms. The molecule has 0 atom stereocenters. The highest BCUT2D eigenvalue weighted by atomic mass is 32.2. The van der Waals surface area contributed by atoms with Gasteiger partial charge in [0.25, 0.3) is 51.7 Å². The zero-order chi connectivity index (χ0) is 54.8. The Labute approximate surface area is 413 Å². The van der Waals surface area contributed by atoms with Crippen LogP contribution in [0.3, 0.4) is 0 Å². The quantitative estimate of drug-likeness (QED) is 0.0212. The molecule has 0 amide bonds. The van der Waals surface area contributed by atoms with Gasteiger partial charge in [0.15, 0.2) is 17.1 Å². The van der Waals surface area contributed by atoms with Crippen LogP contribution < -0.4 is 19.8 Å². The van der Waals surface area contributed by atoms with Gasteiger partial charge in [-0.15, -0.1) is 30.7 Å². The van der Waals surface area contributed by atoms with Gasteiger partial charge in [0, 0.05) is 41.1 Å². The summed E-state index contributed by atoms with van der Waals surface area (Å²) in [4.78, 5) is 32.1. The minimum atomic E-state index is -5.71. The minimum Gasteiger partial charge on any atom is -0.505 e. The molecule has 0 radical (unpaired) electrons. The van der Waals surface area contributed by atoms with E-state index in [2.05, 4.69) is 35.8 Å². The second kappa shape index (κ2) is 21.1. The summed E-state index contributed by atoms with van der Waals surface area (Å²) in [7, 11) is -20.2. The fourth-order valence-corrected chi connectivity index (χ4v) is 9.48. The first-order chi connectivity index (χ1) is 34.5. The average Bonchev–Trinajstić information content (AvgIpc) is 3.64. The van der Waals surface area contributed by atoms with E-state index in [1.807, 2.05) is 0 Å². The van der Waals surface area contributed by atoms with Gasteiger partial charge in [0.2, 0.25) is 0 Å². The Morgan fingerprint density at radius 3 is 1.69 bits per heavy atom. The number of aryl methyl sites for hydroxylation is 1. The minimum absolute atomic E-state index is 0.104. The predicted octanol–water partition coefficient (Wildman–Crippen LogP) is 4.92. The summed E-state index contributed by atoms with van der Waals surface area (Å²) in [6.07, 6.45) is 0. The number of aromatic nitrogens is 2. The molecule has 0 fully saturated rings. The van der Waals surface area contributed by atoms with Crippen LogP contribution in [-0.4, -0.2) is 127 Å². The maximum atomic E-state index is 13.9. The lowest BCUT2D eigenvalue weighted by Crippen LogP contribution is -2.18. The Hall–Kier alpha value is -8.20. The number of ether oxygens (including phenoxy) is 3. The van der Waals surface area contributed by atoms with Crippen molar-refractivity contribution in [3.63, 3.8) is 0 Å². The molecule has 32 nitrogen and oxygen atoms in total. The topological polar surface area (TPSA) is 498 Å². The lowest BCUT2D eigenvalue weighted by atomic mass is 10.1. The molecule has 0 saturated carbocycles. The van der Waals surface area contributed by atoms with Gasteiger partial charge < -0.3 is 34.6 Å². The molecule has 0 aliphatic rings. The average molecular weight is 1110 g/mol. The second-order valence-electron chi connectivity index (χ2n) is 14.5. The zero-order valence-corrected chi connectivity index (χ0v) is 40.3. The van der Waals surface area contributed by atoms with E-state index in [-0.39, 0.29) is 33.1 Å². The number of non-ortho nitro benzene ring substituents is 1. The number of phenolic OH excluding ortho intramolecular Hbond substituents is 1. The number of aromatic carboxylic acids is 1. The van der Waals surface area contributed by atoms with E-state index >= 15 is 0 Å². The molecular weight excluding hydrogens is 1080 g/mol. The van der Waals surface area contributed by atoms with Gasteiger partial charge >= 0.3 is 5.97 Å². The largest absolute Gasteiger partial charge is 0.505 e. The van der Waals surface area contributed by atoms with Gasteiger partial charge in [-0.05, 0) is 42.8 Å². The number of aliphatic hydroxyl groups is 2. The first-order valence-electron chi connectivity index (χ1n) is 19.7. The van der Waals surface area contributed by atoms with Gasteiger partial charge in [-0.1, -0.05) is 0 Å². The summed E-state index contributed by atoms with van der Waals surface area (Å²) in [6.45, 7) is -1.05.